The standard InChI is InChI=1S/C15H16ClNO2/c1-18-9-7-12-2-4-14(5-3-12)19-15-6-8-17-11-13(15)10-16/h2-6,8,11H,7,9-10H2,1H3. The zero-order chi connectivity index (χ0) is 13.5. The number of hydrogen-bond acceptors (Lipinski definition) is 3. The summed E-state index contributed by atoms with van der Waals surface area (Å²) in [6, 6.07) is 9.79. The largest absolute Gasteiger partial charge is 0.457 e. The van der Waals surface area contributed by atoms with Gasteiger partial charge in [-0.1, -0.05) is 12.1 Å². The molecule has 2 rings (SSSR count). The van der Waals surface area contributed by atoms with E-state index in [-0.39, 0.29) is 0 Å². The van der Waals surface area contributed by atoms with Gasteiger partial charge in [-0.05, 0) is 30.2 Å². The number of nitrogens with zero attached hydrogens (tertiary/aromatic N) is 1. The van der Waals surface area contributed by atoms with E-state index in [0.29, 0.717) is 5.88 Å². The van der Waals surface area contributed by atoms with Crippen molar-refractivity contribution in [2.24, 2.45) is 0 Å². The number of hydrogen-bond donors (Lipinski definition) is 0. The highest BCUT2D eigenvalue weighted by atomic mass is 35.5. The van der Waals surface area contributed by atoms with E-state index in [4.69, 9.17) is 21.1 Å². The van der Waals surface area contributed by atoms with Crippen molar-refractivity contribution in [2.75, 3.05) is 13.7 Å². The van der Waals surface area contributed by atoms with Crippen LogP contribution >= 0.6 is 11.6 Å². The molecule has 19 heavy (non-hydrogen) atoms. The van der Waals surface area contributed by atoms with Gasteiger partial charge in [0.1, 0.15) is 11.5 Å². The third-order valence-electron chi connectivity index (χ3n) is 2.75. The van der Waals surface area contributed by atoms with E-state index in [9.17, 15) is 0 Å². The van der Waals surface area contributed by atoms with E-state index in [1.165, 1.54) is 5.56 Å². The predicted molar refractivity (Wildman–Crippen MR) is 75.9 cm³/mol. The van der Waals surface area contributed by atoms with Gasteiger partial charge in [0.25, 0.3) is 0 Å². The summed E-state index contributed by atoms with van der Waals surface area (Å²) >= 11 is 5.85. The summed E-state index contributed by atoms with van der Waals surface area (Å²) in [5.41, 5.74) is 2.11. The van der Waals surface area contributed by atoms with Crippen LogP contribution < -0.4 is 4.74 Å². The van der Waals surface area contributed by atoms with E-state index < -0.39 is 0 Å². The van der Waals surface area contributed by atoms with Gasteiger partial charge >= 0.3 is 0 Å². The molecular formula is C15H16ClNO2. The van der Waals surface area contributed by atoms with Crippen LogP contribution in [0.4, 0.5) is 0 Å². The topological polar surface area (TPSA) is 31.4 Å². The summed E-state index contributed by atoms with van der Waals surface area (Å²) in [5, 5.41) is 0. The number of halogens is 1. The lowest BCUT2D eigenvalue weighted by Crippen LogP contribution is -1.94. The Balaban J connectivity index is 2.06. The maximum Gasteiger partial charge on any atom is 0.134 e. The summed E-state index contributed by atoms with van der Waals surface area (Å²) in [7, 11) is 1.70. The van der Waals surface area contributed by atoms with Crippen molar-refractivity contribution in [3.63, 3.8) is 0 Å². The number of alkyl halides is 1. The molecule has 0 bridgehead atoms. The van der Waals surface area contributed by atoms with E-state index in [2.05, 4.69) is 4.98 Å². The monoisotopic (exact) mass is 277 g/mol. The minimum absolute atomic E-state index is 0.384. The number of pyridine rings is 1. The van der Waals surface area contributed by atoms with Gasteiger partial charge in [0.2, 0.25) is 0 Å². The van der Waals surface area contributed by atoms with Crippen LogP contribution in [0.15, 0.2) is 42.7 Å². The second kappa shape index (κ2) is 7.12. The lowest BCUT2D eigenvalue weighted by Gasteiger charge is -2.09. The lowest BCUT2D eigenvalue weighted by molar-refractivity contribution is 0.202. The predicted octanol–water partition coefficient (Wildman–Crippen LogP) is 3.80. The van der Waals surface area contributed by atoms with Crippen LogP contribution in [-0.4, -0.2) is 18.7 Å². The smallest absolute Gasteiger partial charge is 0.134 e. The fraction of sp³-hybridized carbons (Fsp3) is 0.267. The van der Waals surface area contributed by atoms with Crippen LogP contribution in [0, 0.1) is 0 Å². The molecule has 0 radical (unpaired) electrons. The first-order chi connectivity index (χ1) is 9.33. The molecule has 0 saturated carbocycles. The van der Waals surface area contributed by atoms with Gasteiger partial charge < -0.3 is 9.47 Å². The number of methoxy groups -OCH3 is 1. The summed E-state index contributed by atoms with van der Waals surface area (Å²) in [6.07, 6.45) is 4.31. The average molecular weight is 278 g/mol. The molecule has 0 unspecified atom stereocenters. The number of aromatic nitrogens is 1. The van der Waals surface area contributed by atoms with Crippen molar-refractivity contribution in [3.05, 3.63) is 53.9 Å². The van der Waals surface area contributed by atoms with Crippen LogP contribution in [0.2, 0.25) is 0 Å². The molecule has 0 saturated heterocycles. The highest BCUT2D eigenvalue weighted by Gasteiger charge is 2.04. The van der Waals surface area contributed by atoms with Crippen LogP contribution in [-0.2, 0) is 17.0 Å². The van der Waals surface area contributed by atoms with Crippen molar-refractivity contribution < 1.29 is 9.47 Å². The van der Waals surface area contributed by atoms with Gasteiger partial charge in [0, 0.05) is 25.1 Å². The maximum absolute atomic E-state index is 5.85. The maximum atomic E-state index is 5.85. The van der Waals surface area contributed by atoms with Gasteiger partial charge in [0.05, 0.1) is 12.5 Å². The zero-order valence-corrected chi connectivity index (χ0v) is 11.6. The second-order valence-corrected chi connectivity index (χ2v) is 4.37. The quantitative estimate of drug-likeness (QED) is 0.753. The Kier molecular flexibility index (Phi) is 5.19. The Morgan fingerprint density at radius 3 is 2.63 bits per heavy atom. The second-order valence-electron chi connectivity index (χ2n) is 4.11. The third-order valence-corrected chi connectivity index (χ3v) is 3.04. The average Bonchev–Trinajstić information content (AvgIpc) is 2.47. The Bertz CT molecular complexity index is 514. The molecule has 0 fully saturated rings. The molecule has 0 N–H and O–H groups in total. The number of benzene rings is 1. The molecule has 1 heterocycles. The molecule has 2 aromatic rings. The van der Waals surface area contributed by atoms with Crippen molar-refractivity contribution >= 4 is 11.6 Å². The number of ether oxygens (including phenoxy) is 2. The van der Waals surface area contributed by atoms with Gasteiger partial charge in [-0.25, -0.2) is 0 Å². The SMILES string of the molecule is COCCc1ccc(Oc2ccncc2CCl)cc1. The fourth-order valence-corrected chi connectivity index (χ4v) is 1.89. The van der Waals surface area contributed by atoms with Gasteiger partial charge in [-0.15, -0.1) is 11.6 Å². The lowest BCUT2D eigenvalue weighted by atomic mass is 10.1. The molecule has 1 aromatic carbocycles. The van der Waals surface area contributed by atoms with Crippen LogP contribution in [0.5, 0.6) is 11.5 Å². The normalized spacial score (nSPS) is 10.4. The van der Waals surface area contributed by atoms with Crippen molar-refractivity contribution in [2.45, 2.75) is 12.3 Å². The summed E-state index contributed by atoms with van der Waals surface area (Å²) in [4.78, 5) is 4.03. The van der Waals surface area contributed by atoms with Crippen LogP contribution in [0.25, 0.3) is 0 Å². The molecule has 0 amide bonds. The number of rotatable bonds is 6. The molecular weight excluding hydrogens is 262 g/mol. The Labute approximate surface area is 118 Å². The minimum atomic E-state index is 0.384. The molecule has 0 aliphatic heterocycles. The van der Waals surface area contributed by atoms with Gasteiger partial charge in [-0.2, -0.15) is 0 Å². The Hall–Kier alpha value is -1.58. The summed E-state index contributed by atoms with van der Waals surface area (Å²) in [5.74, 6) is 1.92. The molecule has 0 aliphatic carbocycles. The zero-order valence-electron chi connectivity index (χ0n) is 10.8. The van der Waals surface area contributed by atoms with E-state index >= 15 is 0 Å². The first-order valence-corrected chi connectivity index (χ1v) is 6.61. The first kappa shape index (κ1) is 13.8. The summed E-state index contributed by atoms with van der Waals surface area (Å²) in [6.45, 7) is 0.723. The van der Waals surface area contributed by atoms with Crippen molar-refractivity contribution in [1.82, 2.24) is 4.98 Å². The summed E-state index contributed by atoms with van der Waals surface area (Å²) < 4.78 is 10.9. The highest BCUT2D eigenvalue weighted by Crippen LogP contribution is 2.25. The molecule has 0 spiro atoms. The first-order valence-electron chi connectivity index (χ1n) is 6.08. The molecule has 0 aliphatic rings. The third kappa shape index (κ3) is 3.94. The van der Waals surface area contributed by atoms with Crippen LogP contribution in [0.1, 0.15) is 11.1 Å². The van der Waals surface area contributed by atoms with Gasteiger partial charge in [0.15, 0.2) is 0 Å². The van der Waals surface area contributed by atoms with Crippen LogP contribution in [0.3, 0.4) is 0 Å². The van der Waals surface area contributed by atoms with E-state index in [1.807, 2.05) is 30.3 Å². The van der Waals surface area contributed by atoms with Crippen molar-refractivity contribution in [3.8, 4) is 11.5 Å². The molecule has 3 nitrogen and oxygen atoms in total. The van der Waals surface area contributed by atoms with Gasteiger partial charge in [-0.3, -0.25) is 4.98 Å². The fourth-order valence-electron chi connectivity index (χ4n) is 1.69. The van der Waals surface area contributed by atoms with E-state index in [1.54, 1.807) is 19.5 Å². The molecule has 0 atom stereocenters. The Morgan fingerprint density at radius 2 is 1.95 bits per heavy atom. The molecule has 100 valence electrons. The Morgan fingerprint density at radius 1 is 1.16 bits per heavy atom. The highest BCUT2D eigenvalue weighted by molar-refractivity contribution is 6.17. The molecule has 1 aromatic heterocycles. The van der Waals surface area contributed by atoms with Crippen molar-refractivity contribution in [1.29, 1.82) is 0 Å². The molecule has 4 heteroatoms. The minimum Gasteiger partial charge on any atom is -0.457 e. The van der Waals surface area contributed by atoms with E-state index in [0.717, 1.165) is 30.1 Å².